The highest BCUT2D eigenvalue weighted by molar-refractivity contribution is 7.99. The van der Waals surface area contributed by atoms with Gasteiger partial charge in [-0.3, -0.25) is 4.79 Å². The summed E-state index contributed by atoms with van der Waals surface area (Å²) < 4.78 is 20.8. The van der Waals surface area contributed by atoms with Gasteiger partial charge in [-0.05, 0) is 42.5 Å². The molecule has 0 bridgehead atoms. The van der Waals surface area contributed by atoms with E-state index < -0.39 is 5.97 Å². The zero-order valence-electron chi connectivity index (χ0n) is 15.2. The van der Waals surface area contributed by atoms with Crippen LogP contribution in [0.2, 0.25) is 0 Å². The molecule has 2 aromatic carbocycles. The molecule has 2 heterocycles. The Hall–Kier alpha value is -3.53. The van der Waals surface area contributed by atoms with E-state index in [2.05, 4.69) is 20.3 Å². The highest BCUT2D eigenvalue weighted by Gasteiger charge is 2.17. The molecule has 10 heteroatoms. The van der Waals surface area contributed by atoms with Crippen LogP contribution in [0.25, 0.3) is 11.5 Å². The van der Waals surface area contributed by atoms with Gasteiger partial charge in [0.05, 0.1) is 18.4 Å². The predicted molar refractivity (Wildman–Crippen MR) is 103 cm³/mol. The number of methoxy groups -OCH3 is 1. The van der Waals surface area contributed by atoms with E-state index in [1.165, 1.54) is 7.11 Å². The lowest BCUT2D eigenvalue weighted by atomic mass is 10.2. The molecule has 1 aliphatic rings. The minimum absolute atomic E-state index is 0.0848. The van der Waals surface area contributed by atoms with E-state index in [4.69, 9.17) is 13.9 Å². The van der Waals surface area contributed by atoms with Gasteiger partial charge in [-0.15, -0.1) is 10.2 Å². The second kappa shape index (κ2) is 8.23. The molecule has 0 saturated carbocycles. The highest BCUT2D eigenvalue weighted by atomic mass is 32.2. The van der Waals surface area contributed by atoms with Gasteiger partial charge >= 0.3 is 5.97 Å². The molecule has 0 saturated heterocycles. The van der Waals surface area contributed by atoms with Crippen molar-refractivity contribution in [2.45, 2.75) is 5.22 Å². The van der Waals surface area contributed by atoms with Crippen LogP contribution in [0, 0.1) is 0 Å². The number of benzene rings is 2. The Labute approximate surface area is 169 Å². The number of aromatic nitrogens is 2. The minimum atomic E-state index is -0.437. The average Bonchev–Trinajstić information content (AvgIpc) is 3.41. The molecule has 148 valence electrons. The Balaban J connectivity index is 1.32. The third kappa shape index (κ3) is 4.32. The molecule has 9 nitrogen and oxygen atoms in total. The lowest BCUT2D eigenvalue weighted by Gasteiger charge is -2.05. The lowest BCUT2D eigenvalue weighted by Crippen LogP contribution is -2.14. The number of rotatable bonds is 6. The van der Waals surface area contributed by atoms with Crippen molar-refractivity contribution in [2.24, 2.45) is 0 Å². The monoisotopic (exact) mass is 413 g/mol. The molecule has 0 radical (unpaired) electrons. The van der Waals surface area contributed by atoms with Gasteiger partial charge in [0, 0.05) is 11.3 Å². The lowest BCUT2D eigenvalue weighted by molar-refractivity contribution is -0.113. The Morgan fingerprint density at radius 3 is 2.69 bits per heavy atom. The van der Waals surface area contributed by atoms with Crippen LogP contribution in [0.5, 0.6) is 11.5 Å². The number of amides is 1. The van der Waals surface area contributed by atoms with E-state index in [1.807, 2.05) is 0 Å². The van der Waals surface area contributed by atoms with E-state index in [0.717, 1.165) is 11.8 Å². The van der Waals surface area contributed by atoms with Gasteiger partial charge in [-0.2, -0.15) is 0 Å². The molecule has 4 rings (SSSR count). The first-order valence-corrected chi connectivity index (χ1v) is 9.45. The molecule has 29 heavy (non-hydrogen) atoms. The van der Waals surface area contributed by atoms with Crippen LogP contribution in [-0.2, 0) is 9.53 Å². The van der Waals surface area contributed by atoms with Crippen molar-refractivity contribution in [3.8, 4) is 23.0 Å². The van der Waals surface area contributed by atoms with E-state index >= 15 is 0 Å². The largest absolute Gasteiger partial charge is 0.465 e. The van der Waals surface area contributed by atoms with Gasteiger partial charge in [0.25, 0.3) is 5.22 Å². The SMILES string of the molecule is COC(=O)c1ccc(NC(=O)CSc2nnc(-c3ccc4c(c3)OCO4)o2)cc1. The molecule has 3 aromatic rings. The van der Waals surface area contributed by atoms with Crippen molar-refractivity contribution in [3.05, 3.63) is 48.0 Å². The summed E-state index contributed by atoms with van der Waals surface area (Å²) in [5.41, 5.74) is 1.67. The Morgan fingerprint density at radius 2 is 1.90 bits per heavy atom. The van der Waals surface area contributed by atoms with Crippen molar-refractivity contribution in [2.75, 3.05) is 25.0 Å². The number of nitrogens with one attached hydrogen (secondary N) is 1. The molecular formula is C19H15N3O6S. The Kier molecular flexibility index (Phi) is 5.34. The molecule has 0 aliphatic carbocycles. The van der Waals surface area contributed by atoms with E-state index in [1.54, 1.807) is 42.5 Å². The molecule has 0 spiro atoms. The average molecular weight is 413 g/mol. The summed E-state index contributed by atoms with van der Waals surface area (Å²) in [4.78, 5) is 23.5. The maximum Gasteiger partial charge on any atom is 0.337 e. The molecule has 1 aliphatic heterocycles. The summed E-state index contributed by atoms with van der Waals surface area (Å²) in [5, 5.41) is 11.0. The van der Waals surface area contributed by atoms with Crippen LogP contribution in [0.3, 0.4) is 0 Å². The first kappa shape index (κ1) is 18.8. The normalized spacial score (nSPS) is 11.9. The van der Waals surface area contributed by atoms with Crippen molar-refractivity contribution < 1.29 is 28.2 Å². The number of fused-ring (bicyclic) bond motifs is 1. The van der Waals surface area contributed by atoms with Crippen molar-refractivity contribution in [1.82, 2.24) is 10.2 Å². The van der Waals surface area contributed by atoms with Crippen LogP contribution >= 0.6 is 11.8 Å². The number of anilines is 1. The van der Waals surface area contributed by atoms with Gasteiger partial charge in [-0.25, -0.2) is 4.79 Å². The number of thioether (sulfide) groups is 1. The maximum absolute atomic E-state index is 12.1. The number of ether oxygens (including phenoxy) is 3. The second-order valence-electron chi connectivity index (χ2n) is 5.85. The molecule has 1 amide bonds. The number of hydrogen-bond acceptors (Lipinski definition) is 9. The topological polar surface area (TPSA) is 113 Å². The van der Waals surface area contributed by atoms with Gasteiger partial charge in [0.1, 0.15) is 0 Å². The zero-order valence-corrected chi connectivity index (χ0v) is 16.0. The van der Waals surface area contributed by atoms with Gasteiger partial charge < -0.3 is 23.9 Å². The van der Waals surface area contributed by atoms with E-state index in [-0.39, 0.29) is 23.7 Å². The molecule has 0 unspecified atom stereocenters. The quantitative estimate of drug-likeness (QED) is 0.481. The number of hydrogen-bond donors (Lipinski definition) is 1. The highest BCUT2D eigenvalue weighted by Crippen LogP contribution is 2.36. The fourth-order valence-electron chi connectivity index (χ4n) is 2.55. The molecule has 1 N–H and O–H groups in total. The van der Waals surface area contributed by atoms with Crippen LogP contribution in [-0.4, -0.2) is 41.7 Å². The van der Waals surface area contributed by atoms with Crippen LogP contribution in [0.15, 0.2) is 52.1 Å². The fraction of sp³-hybridized carbons (Fsp3) is 0.158. The summed E-state index contributed by atoms with van der Waals surface area (Å²) in [6, 6.07) is 11.7. The van der Waals surface area contributed by atoms with Gasteiger partial charge in [0.15, 0.2) is 11.5 Å². The number of esters is 1. The third-order valence-electron chi connectivity index (χ3n) is 3.94. The summed E-state index contributed by atoms with van der Waals surface area (Å²) in [5.74, 6) is 1.01. The number of nitrogens with zero attached hydrogens (tertiary/aromatic N) is 2. The predicted octanol–water partition coefficient (Wildman–Crippen LogP) is 2.98. The molecular weight excluding hydrogens is 398 g/mol. The maximum atomic E-state index is 12.1. The Morgan fingerprint density at radius 1 is 1.10 bits per heavy atom. The second-order valence-corrected chi connectivity index (χ2v) is 6.77. The molecule has 1 aromatic heterocycles. The standard InChI is InChI=1S/C19H15N3O6S/c1-25-18(24)11-2-5-13(6-3-11)20-16(23)9-29-19-22-21-17(28-19)12-4-7-14-15(8-12)27-10-26-14/h2-8H,9-10H2,1H3,(H,20,23). The summed E-state index contributed by atoms with van der Waals surface area (Å²) >= 11 is 1.12. The zero-order chi connectivity index (χ0) is 20.2. The van der Waals surface area contributed by atoms with Crippen molar-refractivity contribution >= 4 is 29.3 Å². The van der Waals surface area contributed by atoms with Gasteiger partial charge in [0.2, 0.25) is 18.6 Å². The minimum Gasteiger partial charge on any atom is -0.465 e. The van der Waals surface area contributed by atoms with E-state index in [0.29, 0.717) is 34.2 Å². The smallest absolute Gasteiger partial charge is 0.337 e. The van der Waals surface area contributed by atoms with Crippen molar-refractivity contribution in [1.29, 1.82) is 0 Å². The summed E-state index contributed by atoms with van der Waals surface area (Å²) in [7, 11) is 1.31. The number of carbonyl (C=O) groups excluding carboxylic acids is 2. The van der Waals surface area contributed by atoms with Crippen LogP contribution < -0.4 is 14.8 Å². The van der Waals surface area contributed by atoms with Crippen LogP contribution in [0.1, 0.15) is 10.4 Å². The summed E-state index contributed by atoms with van der Waals surface area (Å²) in [6.45, 7) is 0.185. The molecule has 0 fully saturated rings. The first-order valence-electron chi connectivity index (χ1n) is 8.47. The number of carbonyl (C=O) groups is 2. The Bertz CT molecular complexity index is 1050. The summed E-state index contributed by atoms with van der Waals surface area (Å²) in [6.07, 6.45) is 0. The van der Waals surface area contributed by atoms with Crippen LogP contribution in [0.4, 0.5) is 5.69 Å². The first-order chi connectivity index (χ1) is 14.1. The molecule has 0 atom stereocenters. The van der Waals surface area contributed by atoms with Gasteiger partial charge in [-0.1, -0.05) is 11.8 Å². The van der Waals surface area contributed by atoms with E-state index in [9.17, 15) is 9.59 Å². The fourth-order valence-corrected chi connectivity index (χ4v) is 3.11. The third-order valence-corrected chi connectivity index (χ3v) is 4.76. The van der Waals surface area contributed by atoms with Crippen molar-refractivity contribution in [3.63, 3.8) is 0 Å².